The van der Waals surface area contributed by atoms with Gasteiger partial charge in [0.2, 0.25) is 0 Å². The first kappa shape index (κ1) is 17.3. The van der Waals surface area contributed by atoms with Crippen LogP contribution in [-0.2, 0) is 24.1 Å². The third-order valence-corrected chi connectivity index (χ3v) is 5.86. The van der Waals surface area contributed by atoms with Crippen LogP contribution in [0.4, 0.5) is 5.69 Å². The van der Waals surface area contributed by atoms with E-state index in [0.717, 1.165) is 11.1 Å². The minimum atomic E-state index is -3.76. The van der Waals surface area contributed by atoms with Crippen molar-refractivity contribution >= 4 is 26.7 Å². The maximum absolute atomic E-state index is 12.9. The van der Waals surface area contributed by atoms with Crippen molar-refractivity contribution in [2.24, 2.45) is 14.1 Å². The van der Waals surface area contributed by atoms with Crippen LogP contribution < -0.4 is 10.4 Å². The molecule has 0 saturated heterocycles. The molecule has 25 heavy (non-hydrogen) atoms. The molecule has 1 aromatic heterocycles. The van der Waals surface area contributed by atoms with Crippen molar-refractivity contribution in [1.29, 1.82) is 0 Å². The van der Waals surface area contributed by atoms with Gasteiger partial charge in [0.1, 0.15) is 0 Å². The van der Waals surface area contributed by atoms with Crippen molar-refractivity contribution in [3.63, 3.8) is 0 Å². The number of aromatic nitrogens is 2. The highest BCUT2D eigenvalue weighted by Gasteiger charge is 2.20. The van der Waals surface area contributed by atoms with Crippen LogP contribution in [0, 0.1) is 20.8 Å². The van der Waals surface area contributed by atoms with E-state index in [1.165, 1.54) is 9.13 Å². The fraction of sp³-hybridized carbons (Fsp3) is 0.278. The normalized spacial score (nSPS) is 11.9. The third-order valence-electron chi connectivity index (χ3n) is 4.33. The number of nitrogens with zero attached hydrogens (tertiary/aromatic N) is 2. The zero-order chi connectivity index (χ0) is 18.5. The zero-order valence-corrected chi connectivity index (χ0v) is 15.7. The average molecular weight is 359 g/mol. The zero-order valence-electron chi connectivity index (χ0n) is 14.9. The Morgan fingerprint density at radius 3 is 1.92 bits per heavy atom. The molecular formula is C18H21N3O3S. The highest BCUT2D eigenvalue weighted by atomic mass is 32.2. The molecule has 7 heteroatoms. The molecule has 0 radical (unpaired) electrons. The molecule has 0 atom stereocenters. The molecule has 3 rings (SSSR count). The quantitative estimate of drug-likeness (QED) is 0.781. The van der Waals surface area contributed by atoms with Gasteiger partial charge in [-0.3, -0.25) is 13.9 Å². The fourth-order valence-corrected chi connectivity index (χ4v) is 4.45. The van der Waals surface area contributed by atoms with E-state index >= 15 is 0 Å². The lowest BCUT2D eigenvalue weighted by molar-refractivity contribution is 0.600. The molecule has 1 heterocycles. The molecule has 0 fully saturated rings. The Morgan fingerprint density at radius 1 is 0.840 bits per heavy atom. The second-order valence-corrected chi connectivity index (χ2v) is 8.14. The van der Waals surface area contributed by atoms with Gasteiger partial charge < -0.3 is 0 Å². The van der Waals surface area contributed by atoms with E-state index in [4.69, 9.17) is 0 Å². The van der Waals surface area contributed by atoms with Crippen molar-refractivity contribution in [3.05, 3.63) is 57.5 Å². The van der Waals surface area contributed by atoms with Crippen molar-refractivity contribution in [2.75, 3.05) is 4.72 Å². The topological polar surface area (TPSA) is 73.1 Å². The molecule has 0 amide bonds. The van der Waals surface area contributed by atoms with Gasteiger partial charge in [-0.1, -0.05) is 6.07 Å². The fourth-order valence-electron chi connectivity index (χ4n) is 3.16. The number of rotatable bonds is 3. The summed E-state index contributed by atoms with van der Waals surface area (Å²) in [7, 11) is -0.459. The lowest BCUT2D eigenvalue weighted by Crippen LogP contribution is -2.19. The SMILES string of the molecule is Cc1cc(C)cc(NS(=O)(=O)c2cc3c(cc2C)n(C)c(=O)n3C)c1. The van der Waals surface area contributed by atoms with Gasteiger partial charge in [-0.2, -0.15) is 0 Å². The van der Waals surface area contributed by atoms with Gasteiger partial charge in [-0.05, 0) is 61.7 Å². The van der Waals surface area contributed by atoms with Crippen molar-refractivity contribution < 1.29 is 8.42 Å². The number of sulfonamides is 1. The number of hydrogen-bond donors (Lipinski definition) is 1. The number of fused-ring (bicyclic) bond motifs is 1. The Kier molecular flexibility index (Phi) is 3.99. The van der Waals surface area contributed by atoms with Crippen LogP contribution in [-0.4, -0.2) is 17.6 Å². The molecule has 132 valence electrons. The first-order chi connectivity index (χ1) is 11.6. The number of hydrogen-bond acceptors (Lipinski definition) is 3. The summed E-state index contributed by atoms with van der Waals surface area (Å²) >= 11 is 0. The second kappa shape index (κ2) is 5.77. The summed E-state index contributed by atoms with van der Waals surface area (Å²) in [6, 6.07) is 8.84. The highest BCUT2D eigenvalue weighted by molar-refractivity contribution is 7.92. The molecule has 2 aromatic carbocycles. The van der Waals surface area contributed by atoms with Crippen molar-refractivity contribution in [3.8, 4) is 0 Å². The van der Waals surface area contributed by atoms with Crippen LogP contribution in [0.2, 0.25) is 0 Å². The Hall–Kier alpha value is -2.54. The van der Waals surface area contributed by atoms with E-state index in [2.05, 4.69) is 4.72 Å². The lowest BCUT2D eigenvalue weighted by Gasteiger charge is -2.12. The summed E-state index contributed by atoms with van der Waals surface area (Å²) in [6.45, 7) is 5.57. The number of imidazole rings is 1. The van der Waals surface area contributed by atoms with E-state index in [1.54, 1.807) is 45.3 Å². The highest BCUT2D eigenvalue weighted by Crippen LogP contribution is 2.25. The summed E-state index contributed by atoms with van der Waals surface area (Å²) in [6.07, 6.45) is 0. The summed E-state index contributed by atoms with van der Waals surface area (Å²) in [5, 5.41) is 0. The van der Waals surface area contributed by atoms with E-state index in [9.17, 15) is 13.2 Å². The Balaban J connectivity index is 2.15. The molecular weight excluding hydrogens is 338 g/mol. The second-order valence-electron chi connectivity index (χ2n) is 6.49. The standard InChI is InChI=1S/C18H21N3O3S/c1-11-6-12(2)8-14(7-11)19-25(23,24)17-10-16-15(9-13(17)3)20(4)18(22)21(16)5/h6-10,19H,1-5H3. The molecule has 0 spiro atoms. The Morgan fingerprint density at radius 2 is 1.36 bits per heavy atom. The largest absolute Gasteiger partial charge is 0.328 e. The predicted octanol–water partition coefficient (Wildman–Crippen LogP) is 2.60. The summed E-state index contributed by atoms with van der Waals surface area (Å²) < 4.78 is 31.4. The first-order valence-corrected chi connectivity index (χ1v) is 9.35. The van der Waals surface area contributed by atoms with Gasteiger partial charge in [0.15, 0.2) is 0 Å². The summed E-state index contributed by atoms with van der Waals surface area (Å²) in [5.74, 6) is 0. The smallest absolute Gasteiger partial charge is 0.295 e. The van der Waals surface area contributed by atoms with Gasteiger partial charge in [0.05, 0.1) is 15.9 Å². The van der Waals surface area contributed by atoms with Gasteiger partial charge >= 0.3 is 5.69 Å². The Bertz CT molecular complexity index is 1130. The molecule has 0 aliphatic rings. The van der Waals surface area contributed by atoms with Crippen molar-refractivity contribution in [2.45, 2.75) is 25.7 Å². The Labute approximate surface area is 146 Å². The van der Waals surface area contributed by atoms with Crippen LogP contribution >= 0.6 is 0 Å². The maximum Gasteiger partial charge on any atom is 0.328 e. The van der Waals surface area contributed by atoms with Crippen LogP contribution in [0.3, 0.4) is 0 Å². The number of benzene rings is 2. The van der Waals surface area contributed by atoms with Gasteiger partial charge in [-0.15, -0.1) is 0 Å². The van der Waals surface area contributed by atoms with Crippen LogP contribution in [0.1, 0.15) is 16.7 Å². The molecule has 0 aliphatic heterocycles. The monoisotopic (exact) mass is 359 g/mol. The number of anilines is 1. The average Bonchev–Trinajstić information content (AvgIpc) is 2.69. The predicted molar refractivity (Wildman–Crippen MR) is 99.6 cm³/mol. The minimum absolute atomic E-state index is 0.167. The van der Waals surface area contributed by atoms with E-state index in [0.29, 0.717) is 22.3 Å². The third kappa shape index (κ3) is 2.95. The lowest BCUT2D eigenvalue weighted by atomic mass is 10.1. The van der Waals surface area contributed by atoms with E-state index in [-0.39, 0.29) is 10.6 Å². The summed E-state index contributed by atoms with van der Waals surface area (Å²) in [4.78, 5) is 12.3. The van der Waals surface area contributed by atoms with Gasteiger partial charge in [0.25, 0.3) is 10.0 Å². The van der Waals surface area contributed by atoms with Crippen LogP contribution in [0.15, 0.2) is 40.0 Å². The van der Waals surface area contributed by atoms with E-state index < -0.39 is 10.0 Å². The van der Waals surface area contributed by atoms with Crippen LogP contribution in [0.25, 0.3) is 11.0 Å². The van der Waals surface area contributed by atoms with Gasteiger partial charge in [0, 0.05) is 19.8 Å². The van der Waals surface area contributed by atoms with Crippen LogP contribution in [0.5, 0.6) is 0 Å². The molecule has 0 unspecified atom stereocenters. The molecule has 3 aromatic rings. The molecule has 0 bridgehead atoms. The van der Waals surface area contributed by atoms with E-state index in [1.807, 2.05) is 19.9 Å². The summed E-state index contributed by atoms with van der Waals surface area (Å²) in [5.41, 5.74) is 4.18. The number of aryl methyl sites for hydroxylation is 5. The minimum Gasteiger partial charge on any atom is -0.295 e. The number of nitrogens with one attached hydrogen (secondary N) is 1. The molecule has 0 saturated carbocycles. The first-order valence-electron chi connectivity index (χ1n) is 7.87. The molecule has 0 aliphatic carbocycles. The molecule has 6 nitrogen and oxygen atoms in total. The van der Waals surface area contributed by atoms with Gasteiger partial charge in [-0.25, -0.2) is 13.2 Å². The molecule has 1 N–H and O–H groups in total. The van der Waals surface area contributed by atoms with Crippen molar-refractivity contribution in [1.82, 2.24) is 9.13 Å². The maximum atomic E-state index is 12.9.